The zero-order chi connectivity index (χ0) is 59.0. The molecule has 0 saturated carbocycles. The van der Waals surface area contributed by atoms with E-state index >= 15 is 0 Å². The SMILES string of the molecule is Cc1cn(C2CC(NC(=O)CBr)C(COP(=O)(O)OC3CC(n4cc(C)c(=O)[nH]c4=O)OC3COP(=O)(O)OC3CC(n4cc(C)c(=O)[nH]c4=O)OC3COP(=O)(O)OC3CC(n4cc(C)c(=O)[nH]c4=O)OC3CO)O2)c(=O)[nH]c1=O. The fourth-order valence-corrected chi connectivity index (χ4v) is 12.2. The number of nitrogens with one attached hydrogen (secondary N) is 5. The van der Waals surface area contributed by atoms with Gasteiger partial charge in [-0.15, -0.1) is 0 Å². The maximum absolute atomic E-state index is 13.9. The van der Waals surface area contributed by atoms with Gasteiger partial charge >= 0.3 is 46.2 Å². The van der Waals surface area contributed by atoms with Crippen molar-refractivity contribution in [3.8, 4) is 0 Å². The molecule has 39 heteroatoms. The van der Waals surface area contributed by atoms with Crippen LogP contribution in [0.4, 0.5) is 0 Å². The Hall–Kier alpha value is -5.20. The fraction of sp³-hybridized carbons (Fsp3) is 0.595. The van der Waals surface area contributed by atoms with Crippen molar-refractivity contribution in [3.63, 3.8) is 0 Å². The van der Waals surface area contributed by atoms with E-state index < -0.39 is 187 Å². The number of hydrogen-bond acceptors (Lipinski definition) is 23. The largest absolute Gasteiger partial charge is 0.472 e. The summed E-state index contributed by atoms with van der Waals surface area (Å²) in [7, 11) is -16.0. The standard InChI is InChI=1S/C42H55BrN9O26P3/c1-18-10-49(39(59)45-35(18)55)31-5-22(44-30(54)9-43)27(73-31)15-69-79(63,64)77-24-7-33(51-12-20(3)37(57)47-41(51)61)75-29(24)17-71-81(67,68)78-25-8-34(52-13-21(4)38(58)48-42(52)62)74-28(25)16-70-80(65,66)76-23-6-32(72-26(23)14-53)50-11-19(2)36(56)46-40(50)60/h10-13,22-29,31-34,53H,5-9,14-17H2,1-4H3,(H,44,54)(H,63,64)(H,65,66)(H,67,68)(H,45,55,59)(H,46,56,60)(H,47,57,61)(H,48,58,62). The molecule has 15 unspecified atom stereocenters. The Balaban J connectivity index is 0.978. The summed E-state index contributed by atoms with van der Waals surface area (Å²) < 4.78 is 101. The molecule has 35 nitrogen and oxygen atoms in total. The van der Waals surface area contributed by atoms with Gasteiger partial charge in [0, 0.05) is 72.7 Å². The molecule has 8 heterocycles. The average Bonchev–Trinajstić information content (AvgIpc) is 4.33. The number of phosphoric ester groups is 3. The van der Waals surface area contributed by atoms with Crippen LogP contribution in [-0.4, -0.2) is 144 Å². The van der Waals surface area contributed by atoms with Crippen LogP contribution in [0, 0.1) is 27.7 Å². The first-order valence-corrected chi connectivity index (χ1v) is 30.0. The number of amides is 1. The molecule has 0 spiro atoms. The van der Waals surface area contributed by atoms with Gasteiger partial charge in [-0.3, -0.25) is 89.3 Å². The minimum atomic E-state index is -5.46. The number of aliphatic hydroxyl groups excluding tert-OH is 1. The highest BCUT2D eigenvalue weighted by Crippen LogP contribution is 2.53. The van der Waals surface area contributed by atoms with E-state index in [2.05, 4.69) is 41.2 Å². The summed E-state index contributed by atoms with van der Waals surface area (Å²) in [6.45, 7) is 1.97. The molecule has 9 N–H and O–H groups in total. The maximum Gasteiger partial charge on any atom is 0.472 e. The van der Waals surface area contributed by atoms with Crippen molar-refractivity contribution in [2.75, 3.05) is 31.8 Å². The predicted octanol–water partition coefficient (Wildman–Crippen LogP) is -2.05. The maximum atomic E-state index is 13.9. The first-order valence-electron chi connectivity index (χ1n) is 24.4. The molecular weight excluding hydrogens is 1220 g/mol. The van der Waals surface area contributed by atoms with Gasteiger partial charge in [0.25, 0.3) is 22.2 Å². The number of rotatable bonds is 22. The summed E-state index contributed by atoms with van der Waals surface area (Å²) in [6.07, 6.45) is -12.5. The Labute approximate surface area is 460 Å². The Morgan fingerprint density at radius 3 is 1.14 bits per heavy atom. The number of aliphatic hydroxyl groups is 1. The van der Waals surface area contributed by atoms with Crippen molar-refractivity contribution in [2.45, 2.75) is 127 Å². The summed E-state index contributed by atoms with van der Waals surface area (Å²) in [5.74, 6) is -0.536. The Kier molecular flexibility index (Phi) is 19.0. The van der Waals surface area contributed by atoms with Crippen molar-refractivity contribution >= 4 is 45.3 Å². The quantitative estimate of drug-likeness (QED) is 0.0302. The van der Waals surface area contributed by atoms with Crippen LogP contribution in [0.3, 0.4) is 0 Å². The summed E-state index contributed by atoms with van der Waals surface area (Å²) in [6, 6.07) is -0.946. The van der Waals surface area contributed by atoms with Crippen molar-refractivity contribution < 1.29 is 84.4 Å². The van der Waals surface area contributed by atoms with E-state index in [1.54, 1.807) is 0 Å². The lowest BCUT2D eigenvalue weighted by atomic mass is 10.1. The molecule has 15 atom stereocenters. The number of halogens is 1. The number of phosphoric acid groups is 3. The Bertz CT molecular complexity index is 3670. The third-order valence-electron chi connectivity index (χ3n) is 13.3. The molecule has 4 aliphatic rings. The van der Waals surface area contributed by atoms with Gasteiger partial charge in [-0.1, -0.05) is 15.9 Å². The lowest BCUT2D eigenvalue weighted by Gasteiger charge is -2.25. The molecule has 0 radical (unpaired) electrons. The van der Waals surface area contributed by atoms with E-state index in [1.165, 1.54) is 40.1 Å². The van der Waals surface area contributed by atoms with Gasteiger partial charge in [-0.2, -0.15) is 0 Å². The molecule has 4 aliphatic heterocycles. The number of H-pyrrole nitrogens is 4. The molecule has 4 aromatic heterocycles. The number of carbonyl (C=O) groups excluding carboxylic acids is 1. The minimum Gasteiger partial charge on any atom is -0.394 e. The Morgan fingerprint density at radius 2 is 0.815 bits per heavy atom. The summed E-state index contributed by atoms with van der Waals surface area (Å²) in [5.41, 5.74) is -6.26. The predicted molar refractivity (Wildman–Crippen MR) is 273 cm³/mol. The smallest absolute Gasteiger partial charge is 0.394 e. The number of aryl methyl sites for hydroxylation is 4. The Morgan fingerprint density at radius 1 is 0.531 bits per heavy atom. The number of aromatic amines is 4. The molecule has 81 heavy (non-hydrogen) atoms. The molecule has 0 bridgehead atoms. The number of aromatic nitrogens is 8. The molecule has 4 saturated heterocycles. The first kappa shape index (κ1) is 61.9. The van der Waals surface area contributed by atoms with Gasteiger partial charge in [-0.25, -0.2) is 32.9 Å². The highest BCUT2D eigenvalue weighted by atomic mass is 79.9. The lowest BCUT2D eigenvalue weighted by molar-refractivity contribution is -0.119. The van der Waals surface area contributed by atoms with E-state index in [1.807, 2.05) is 0 Å². The molecule has 1 amide bonds. The van der Waals surface area contributed by atoms with Gasteiger partial charge in [0.05, 0.1) is 37.8 Å². The van der Waals surface area contributed by atoms with Crippen molar-refractivity contribution in [3.05, 3.63) is 130 Å². The van der Waals surface area contributed by atoms with E-state index in [9.17, 15) is 76.6 Å². The van der Waals surface area contributed by atoms with Gasteiger partial charge < -0.3 is 44.1 Å². The normalized spacial score (nSPS) is 28.9. The third kappa shape index (κ3) is 14.8. The highest BCUT2D eigenvalue weighted by Gasteiger charge is 2.48. The van der Waals surface area contributed by atoms with Gasteiger partial charge in [0.15, 0.2) is 0 Å². The lowest BCUT2D eigenvalue weighted by Crippen LogP contribution is -2.42. The van der Waals surface area contributed by atoms with Crippen LogP contribution in [0.25, 0.3) is 0 Å². The second kappa shape index (κ2) is 24.9. The summed E-state index contributed by atoms with van der Waals surface area (Å²) in [5, 5.41) is 12.5. The molecule has 446 valence electrons. The van der Waals surface area contributed by atoms with Crippen LogP contribution >= 0.6 is 39.4 Å². The molecule has 0 aliphatic carbocycles. The van der Waals surface area contributed by atoms with E-state index in [0.29, 0.717) is 0 Å². The molecule has 4 fully saturated rings. The number of nitrogens with zero attached hydrogens (tertiary/aromatic N) is 4. The number of alkyl halides is 1. The second-order valence-corrected chi connectivity index (χ2v) is 23.9. The second-order valence-electron chi connectivity index (χ2n) is 19.1. The van der Waals surface area contributed by atoms with Crippen LogP contribution in [0.2, 0.25) is 0 Å². The van der Waals surface area contributed by atoms with Gasteiger partial charge in [0.2, 0.25) is 5.91 Å². The third-order valence-corrected chi connectivity index (χ3v) is 16.8. The molecule has 4 aromatic rings. The van der Waals surface area contributed by atoms with Crippen LogP contribution in [0.5, 0.6) is 0 Å². The van der Waals surface area contributed by atoms with Crippen molar-refractivity contribution in [1.29, 1.82) is 0 Å². The van der Waals surface area contributed by atoms with Crippen LogP contribution in [0.1, 0.15) is 72.8 Å². The first-order chi connectivity index (χ1) is 38.0. The van der Waals surface area contributed by atoms with Crippen LogP contribution < -0.4 is 50.3 Å². The molecule has 0 aromatic carbocycles. The van der Waals surface area contributed by atoms with Crippen molar-refractivity contribution in [2.24, 2.45) is 0 Å². The molecule has 8 rings (SSSR count). The number of carbonyl (C=O) groups is 1. The molecular formula is C42H55BrN9O26P3. The number of ether oxygens (including phenoxy) is 4. The summed E-state index contributed by atoms with van der Waals surface area (Å²) in [4.78, 5) is 154. The topological polar surface area (TPSA) is 473 Å². The fourth-order valence-electron chi connectivity index (χ4n) is 9.17. The summed E-state index contributed by atoms with van der Waals surface area (Å²) >= 11 is 3.03. The van der Waals surface area contributed by atoms with Crippen LogP contribution in [0.15, 0.2) is 63.1 Å². The highest BCUT2D eigenvalue weighted by molar-refractivity contribution is 9.09. The van der Waals surface area contributed by atoms with E-state index in [0.717, 1.165) is 30.7 Å². The zero-order valence-corrected chi connectivity index (χ0v) is 47.1. The zero-order valence-electron chi connectivity index (χ0n) is 42.9. The van der Waals surface area contributed by atoms with Crippen LogP contribution in [-0.2, 0) is 64.6 Å². The average molecular weight is 1270 g/mol. The number of hydrogen-bond donors (Lipinski definition) is 9. The van der Waals surface area contributed by atoms with Gasteiger partial charge in [0.1, 0.15) is 67.6 Å². The minimum absolute atomic E-state index is 0.0255. The van der Waals surface area contributed by atoms with E-state index in [-0.39, 0.29) is 40.4 Å². The van der Waals surface area contributed by atoms with E-state index in [4.69, 9.17) is 46.1 Å². The van der Waals surface area contributed by atoms with Crippen molar-refractivity contribution in [1.82, 2.24) is 43.5 Å². The monoisotopic (exact) mass is 1270 g/mol. The van der Waals surface area contributed by atoms with Gasteiger partial charge in [-0.05, 0) is 27.7 Å².